The van der Waals surface area contributed by atoms with Gasteiger partial charge in [0.2, 0.25) is 0 Å². The van der Waals surface area contributed by atoms with Crippen LogP contribution in [0.2, 0.25) is 0 Å². The van der Waals surface area contributed by atoms with Gasteiger partial charge in [-0.05, 0) is 6.07 Å². The fourth-order valence-corrected chi connectivity index (χ4v) is 4.24. The second kappa shape index (κ2) is 8.39. The number of amides is 2. The molecule has 0 unspecified atom stereocenters. The first-order valence-electron chi connectivity index (χ1n) is 8.33. The largest absolute Gasteiger partial charge is 0.477 e. The number of fused-ring (bicyclic) bond motifs is 1. The summed E-state index contributed by atoms with van der Waals surface area (Å²) in [6.07, 6.45) is 2.66. The molecule has 0 aliphatic carbocycles. The Labute approximate surface area is 168 Å². The molecule has 0 spiro atoms. The number of rotatable bonds is 7. The van der Waals surface area contributed by atoms with Gasteiger partial charge in [-0.15, -0.1) is 11.8 Å². The number of aliphatic carboxylic acids is 1. The second-order valence-electron chi connectivity index (χ2n) is 6.03. The molecular weight excluding hydrogens is 406 g/mol. The van der Waals surface area contributed by atoms with E-state index in [1.54, 1.807) is 0 Å². The van der Waals surface area contributed by atoms with Crippen molar-refractivity contribution in [1.82, 2.24) is 10.2 Å². The molecule has 12 heteroatoms. The van der Waals surface area contributed by atoms with Crippen molar-refractivity contribution < 1.29 is 38.3 Å². The highest BCUT2D eigenvalue weighted by atomic mass is 32.2. The van der Waals surface area contributed by atoms with Gasteiger partial charge in [0.25, 0.3) is 11.8 Å². The van der Waals surface area contributed by atoms with Crippen LogP contribution < -0.4 is 5.32 Å². The van der Waals surface area contributed by atoms with Crippen LogP contribution in [0.25, 0.3) is 0 Å². The molecule has 0 radical (unpaired) electrons. The molecule has 3 heterocycles. The molecular formula is C17H17N3O8S. The van der Waals surface area contributed by atoms with Crippen LogP contribution in [0.15, 0.2) is 39.4 Å². The normalized spacial score (nSPS) is 21.2. The highest BCUT2D eigenvalue weighted by Gasteiger charge is 2.54. The first kappa shape index (κ1) is 20.5. The van der Waals surface area contributed by atoms with E-state index in [4.69, 9.17) is 9.15 Å². The van der Waals surface area contributed by atoms with Crippen LogP contribution >= 0.6 is 11.8 Å². The van der Waals surface area contributed by atoms with E-state index >= 15 is 0 Å². The van der Waals surface area contributed by atoms with E-state index in [0.717, 1.165) is 4.90 Å². The van der Waals surface area contributed by atoms with Crippen molar-refractivity contribution in [2.45, 2.75) is 18.3 Å². The summed E-state index contributed by atoms with van der Waals surface area (Å²) in [5.41, 5.74) is 0.357. The molecule has 2 amide bonds. The van der Waals surface area contributed by atoms with Crippen LogP contribution in [0.4, 0.5) is 0 Å². The Morgan fingerprint density at radius 3 is 2.79 bits per heavy atom. The van der Waals surface area contributed by atoms with E-state index in [9.17, 15) is 24.3 Å². The van der Waals surface area contributed by atoms with E-state index in [2.05, 4.69) is 15.3 Å². The number of carboxylic acid groups (broad SMARTS) is 1. The molecule has 2 aliphatic rings. The molecule has 0 bridgehead atoms. The zero-order valence-electron chi connectivity index (χ0n) is 15.4. The lowest BCUT2D eigenvalue weighted by Crippen LogP contribution is -2.71. The maximum atomic E-state index is 12.6. The molecule has 154 valence electrons. The summed E-state index contributed by atoms with van der Waals surface area (Å²) in [5.74, 6) is -2.89. The number of hydrogen-bond donors (Lipinski definition) is 2. The zero-order chi connectivity index (χ0) is 21.1. The predicted molar refractivity (Wildman–Crippen MR) is 98.6 cm³/mol. The number of oxime groups is 1. The maximum absolute atomic E-state index is 12.6. The topological polar surface area (TPSA) is 148 Å². The quantitative estimate of drug-likeness (QED) is 0.266. The highest BCUT2D eigenvalue weighted by Crippen LogP contribution is 2.40. The molecule has 1 saturated heterocycles. The number of ether oxygens (including phenoxy) is 1. The van der Waals surface area contributed by atoms with Gasteiger partial charge in [0, 0.05) is 23.8 Å². The summed E-state index contributed by atoms with van der Waals surface area (Å²) in [4.78, 5) is 53.7. The minimum atomic E-state index is -1.31. The van der Waals surface area contributed by atoms with Crippen LogP contribution in [0.5, 0.6) is 0 Å². The van der Waals surface area contributed by atoms with Crippen molar-refractivity contribution in [3.05, 3.63) is 35.4 Å². The van der Waals surface area contributed by atoms with Crippen LogP contribution in [0.1, 0.15) is 12.5 Å². The van der Waals surface area contributed by atoms with E-state index in [1.807, 2.05) is 0 Å². The fraction of sp³-hybridized carbons (Fsp3) is 0.353. The smallest absolute Gasteiger partial charge is 0.352 e. The van der Waals surface area contributed by atoms with E-state index in [1.165, 1.54) is 44.4 Å². The summed E-state index contributed by atoms with van der Waals surface area (Å²) in [7, 11) is 1.27. The van der Waals surface area contributed by atoms with E-state index < -0.39 is 35.2 Å². The summed E-state index contributed by atoms with van der Waals surface area (Å²) >= 11 is 1.26. The first-order chi connectivity index (χ1) is 13.8. The summed E-state index contributed by atoms with van der Waals surface area (Å²) in [6, 6.07) is 0.569. The molecule has 1 aromatic rings. The number of nitrogens with zero attached hydrogens (tertiary/aromatic N) is 2. The Kier molecular flexibility index (Phi) is 5.92. The minimum Gasteiger partial charge on any atom is -0.477 e. The third kappa shape index (κ3) is 3.97. The van der Waals surface area contributed by atoms with Crippen molar-refractivity contribution in [3.63, 3.8) is 0 Å². The van der Waals surface area contributed by atoms with E-state index in [0.29, 0.717) is 11.1 Å². The molecule has 3 rings (SSSR count). The number of β-lactam (4-membered cyclic amide) rings is 1. The summed E-state index contributed by atoms with van der Waals surface area (Å²) in [5, 5.41) is 15.1. The minimum absolute atomic E-state index is 0.0853. The predicted octanol–water partition coefficient (Wildman–Crippen LogP) is -0.0682. The molecule has 2 N–H and O–H groups in total. The standard InChI is InChI=1S/C17H17N3O8S/c1-8(21)28-6-10-7-29-16-12(15(23)20(16)13(10)17(24)25)18-14(22)11(19-26-2)9-3-4-27-5-9/h3-5,12,16H,6-7H2,1-2H3,(H,18,22)(H,24,25)/b19-11-/t12-,16-/m1/s1. The molecule has 0 aromatic carbocycles. The summed E-state index contributed by atoms with van der Waals surface area (Å²) < 4.78 is 9.81. The van der Waals surface area contributed by atoms with Crippen molar-refractivity contribution >= 4 is 41.2 Å². The summed E-state index contributed by atoms with van der Waals surface area (Å²) in [6.45, 7) is 0.988. The lowest BCUT2D eigenvalue weighted by molar-refractivity contribution is -0.150. The monoisotopic (exact) mass is 423 g/mol. The van der Waals surface area contributed by atoms with Crippen LogP contribution in [-0.2, 0) is 28.8 Å². The molecule has 11 nitrogen and oxygen atoms in total. The number of hydrogen-bond acceptors (Lipinski definition) is 9. The lowest BCUT2D eigenvalue weighted by Gasteiger charge is -2.49. The number of carbonyl (C=O) groups excluding carboxylic acids is 3. The number of thioether (sulfide) groups is 1. The number of esters is 1. The Balaban J connectivity index is 1.77. The zero-order valence-corrected chi connectivity index (χ0v) is 16.2. The van der Waals surface area contributed by atoms with Gasteiger partial charge in [-0.25, -0.2) is 4.79 Å². The van der Waals surface area contributed by atoms with Gasteiger partial charge in [-0.2, -0.15) is 0 Å². The van der Waals surface area contributed by atoms with Crippen molar-refractivity contribution in [2.75, 3.05) is 19.5 Å². The van der Waals surface area contributed by atoms with Gasteiger partial charge in [0.1, 0.15) is 30.8 Å². The molecule has 2 aliphatic heterocycles. The van der Waals surface area contributed by atoms with Gasteiger partial charge < -0.3 is 24.4 Å². The SMILES string of the molecule is CO/N=C(\C(=O)N[C@@H]1C(=O)N2C(C(=O)O)=C(COC(C)=O)CS[C@H]12)c1ccoc1. The molecule has 1 aromatic heterocycles. The van der Waals surface area contributed by atoms with Gasteiger partial charge >= 0.3 is 11.9 Å². The van der Waals surface area contributed by atoms with E-state index in [-0.39, 0.29) is 23.8 Å². The highest BCUT2D eigenvalue weighted by molar-refractivity contribution is 8.00. The molecule has 1 fully saturated rings. The molecule has 0 saturated carbocycles. The third-order valence-corrected chi connectivity index (χ3v) is 5.52. The number of furan rings is 1. The van der Waals surface area contributed by atoms with Crippen molar-refractivity contribution in [2.24, 2.45) is 5.16 Å². The first-order valence-corrected chi connectivity index (χ1v) is 9.38. The Morgan fingerprint density at radius 1 is 1.45 bits per heavy atom. The lowest BCUT2D eigenvalue weighted by atomic mass is 10.0. The van der Waals surface area contributed by atoms with Crippen LogP contribution in [0, 0.1) is 0 Å². The Hall–Kier alpha value is -3.28. The Morgan fingerprint density at radius 2 is 2.21 bits per heavy atom. The second-order valence-corrected chi connectivity index (χ2v) is 7.14. The number of nitrogens with one attached hydrogen (secondary N) is 1. The third-order valence-electron chi connectivity index (χ3n) is 4.18. The van der Waals surface area contributed by atoms with Gasteiger partial charge in [0.05, 0.1) is 12.5 Å². The van der Waals surface area contributed by atoms with Gasteiger partial charge in [0.15, 0.2) is 5.71 Å². The average molecular weight is 423 g/mol. The van der Waals surface area contributed by atoms with Gasteiger partial charge in [-0.3, -0.25) is 19.3 Å². The maximum Gasteiger partial charge on any atom is 0.352 e. The van der Waals surface area contributed by atoms with Crippen molar-refractivity contribution in [1.29, 1.82) is 0 Å². The average Bonchev–Trinajstić information content (AvgIpc) is 3.21. The molecule has 29 heavy (non-hydrogen) atoms. The van der Waals surface area contributed by atoms with Crippen molar-refractivity contribution in [3.8, 4) is 0 Å². The fourth-order valence-electron chi connectivity index (χ4n) is 2.91. The Bertz CT molecular complexity index is 908. The van der Waals surface area contributed by atoms with Crippen LogP contribution in [0.3, 0.4) is 0 Å². The molecule has 2 atom stereocenters. The van der Waals surface area contributed by atoms with Gasteiger partial charge in [-0.1, -0.05) is 5.16 Å². The van der Waals surface area contributed by atoms with Crippen LogP contribution in [-0.4, -0.2) is 70.4 Å². The number of carboxylic acids is 1. The number of carbonyl (C=O) groups is 4.